The number of methoxy groups -OCH3 is 2. The van der Waals surface area contributed by atoms with Gasteiger partial charge in [0.05, 0.1) is 90.8 Å². The lowest BCUT2D eigenvalue weighted by molar-refractivity contribution is -0.278. The van der Waals surface area contributed by atoms with Crippen LogP contribution in [-0.4, -0.2) is 142 Å². The number of carbonyl (C=O) groups is 4. The number of ketones is 3. The van der Waals surface area contributed by atoms with E-state index in [2.05, 4.69) is 44.3 Å². The van der Waals surface area contributed by atoms with Crippen LogP contribution in [0.3, 0.4) is 0 Å². The average Bonchev–Trinajstić information content (AvgIpc) is 1.44. The summed E-state index contributed by atoms with van der Waals surface area (Å²) in [4.78, 5) is 79.1. The number of alkyl halides is 7. The molecule has 0 bridgehead atoms. The van der Waals surface area contributed by atoms with Gasteiger partial charge in [0, 0.05) is 71.0 Å². The topological polar surface area (TPSA) is 272 Å². The Labute approximate surface area is 695 Å². The second-order valence-electron chi connectivity index (χ2n) is 28.9. The minimum Gasteiger partial charge on any atom is -0.493 e. The van der Waals surface area contributed by atoms with E-state index in [0.29, 0.717) is 91.9 Å². The minimum atomic E-state index is -5.73. The van der Waals surface area contributed by atoms with Crippen molar-refractivity contribution in [2.45, 2.75) is 189 Å². The van der Waals surface area contributed by atoms with Gasteiger partial charge >= 0.3 is 24.4 Å². The third kappa shape index (κ3) is 24.7. The highest BCUT2D eigenvalue weighted by Crippen LogP contribution is 2.59. The highest BCUT2D eigenvalue weighted by atomic mass is 35.5. The third-order valence-electron chi connectivity index (χ3n) is 20.4. The lowest BCUT2D eigenvalue weighted by Gasteiger charge is -2.44. The van der Waals surface area contributed by atoms with Gasteiger partial charge in [-0.1, -0.05) is 111 Å². The molecule has 3 fully saturated rings. The number of carbonyl (C=O) groups excluding carboxylic acids is 4. The Morgan fingerprint density at radius 3 is 2.15 bits per heavy atom. The van der Waals surface area contributed by atoms with Crippen LogP contribution in [0.15, 0.2) is 154 Å². The number of nitrogens with one attached hydrogen (secondary N) is 1. The number of halogens is 10. The molecule has 6 atom stereocenters. The van der Waals surface area contributed by atoms with E-state index in [9.17, 15) is 64.9 Å². The predicted octanol–water partition coefficient (Wildman–Crippen LogP) is 19.1. The smallest absolute Gasteiger partial charge is 0.455 e. The monoisotopic (exact) mass is 1700 g/mol. The number of pyridine rings is 2. The van der Waals surface area contributed by atoms with E-state index in [1.54, 1.807) is 66.2 Å². The first-order valence-electron chi connectivity index (χ1n) is 38.7. The van der Waals surface area contributed by atoms with Gasteiger partial charge < -0.3 is 53.1 Å². The normalized spacial score (nSPS) is 18.1. The van der Waals surface area contributed by atoms with Crippen molar-refractivity contribution < 1.29 is 97.7 Å². The van der Waals surface area contributed by atoms with Gasteiger partial charge in [-0.3, -0.25) is 28.7 Å². The van der Waals surface area contributed by atoms with E-state index in [4.69, 9.17) is 67.6 Å². The van der Waals surface area contributed by atoms with Gasteiger partial charge in [-0.15, -0.1) is 0 Å². The van der Waals surface area contributed by atoms with E-state index in [1.807, 2.05) is 71.0 Å². The molecule has 0 saturated heterocycles. The summed E-state index contributed by atoms with van der Waals surface area (Å²) in [6, 6.07) is 25.9. The van der Waals surface area contributed by atoms with Crippen molar-refractivity contribution >= 4 is 69.1 Å². The molecule has 8 aromatic rings. The molecule has 4 aromatic carbocycles. The molecule has 3 saturated carbocycles. The summed E-state index contributed by atoms with van der Waals surface area (Å²) in [6.45, 7) is 14.8. The lowest BCUT2D eigenvalue weighted by atomic mass is 9.62. The van der Waals surface area contributed by atoms with Crippen LogP contribution >= 0.6 is 34.8 Å². The minimum absolute atomic E-state index is 0.0233. The number of fused-ring (bicyclic) bond motifs is 2. The number of hydrogen-bond acceptors (Lipinski definition) is 19. The standard InChI is InChI=1S/C26H36F5NO4.C23H23F2NO5.C21H23Cl2NO5.C17H16ClN3O/c1-15-18(11-19(33)12-22(15)34)7-6-17-5-4-10-24(3)20(8-9-21(17)24)16(2)36-13-23(35)32-14-25(27,28)26(29,30)31;1-4-28-19-8-6-5-7-17(19)18(27)12-16-13-29-22(26-16)15-9-10-20(31-23(24)25)21(11-15)30-14(2)3;1-4-5-6-13(25)12-29-20-14(7-8-19(27-2)21(20)28-3)18(26)9-15-16(22)10-24-11-17(15)23;1-3-13-8-9-14-15(11-6-5-7-12(18)10-11)20-17(22)21(4-2)16(14)19-13/h6-7,16,19-22,33-34H,1,4-5,8-14H2,2-3H3,(H,32,35);5-11,13-14,23H,4,12H2,1-3H3;7-8,10-11H,4-6,9,12H2,1-3H3;5-10H,3-4H2,1-2H3/b17-6+,18-7-;;;/t16?,19-,20?,21+,22+,24-;;;/m1.../s1. The first-order chi connectivity index (χ1) is 56.1. The Balaban J connectivity index is 0.000000199. The van der Waals surface area contributed by atoms with Gasteiger partial charge in [0.2, 0.25) is 17.5 Å². The summed E-state index contributed by atoms with van der Waals surface area (Å²) in [6.07, 6.45) is 8.79. The van der Waals surface area contributed by atoms with Gasteiger partial charge in [0.25, 0.3) is 0 Å². The fourth-order valence-corrected chi connectivity index (χ4v) is 15.1. The fraction of sp³-hybridized carbons (Fsp3) is 0.437. The maximum absolute atomic E-state index is 13.0. The van der Waals surface area contributed by atoms with Crippen LogP contribution in [0.1, 0.15) is 157 Å². The van der Waals surface area contributed by atoms with Crippen LogP contribution in [0.4, 0.5) is 30.7 Å². The van der Waals surface area contributed by atoms with E-state index in [1.165, 1.54) is 56.6 Å². The number of oxazole rings is 1. The summed E-state index contributed by atoms with van der Waals surface area (Å²) in [7, 11) is 2.92. The van der Waals surface area contributed by atoms with E-state index in [-0.39, 0.29) is 113 Å². The molecule has 118 heavy (non-hydrogen) atoms. The molecule has 3 N–H and O–H groups in total. The largest absolute Gasteiger partial charge is 0.493 e. The van der Waals surface area contributed by atoms with E-state index < -0.39 is 50.0 Å². The van der Waals surface area contributed by atoms with Crippen molar-refractivity contribution in [2.24, 2.45) is 17.3 Å². The Bertz CT molecular complexity index is 4920. The molecular weight excluding hydrogens is 1610 g/mol. The van der Waals surface area contributed by atoms with Crippen LogP contribution in [0.5, 0.6) is 34.5 Å². The number of ether oxygens (including phenoxy) is 7. The quantitative estimate of drug-likeness (QED) is 0.0269. The molecule has 0 spiro atoms. The van der Waals surface area contributed by atoms with Gasteiger partial charge in [-0.2, -0.15) is 35.7 Å². The summed E-state index contributed by atoms with van der Waals surface area (Å²) >= 11 is 18.3. The van der Waals surface area contributed by atoms with Crippen LogP contribution in [0.25, 0.3) is 33.7 Å². The summed E-state index contributed by atoms with van der Waals surface area (Å²) in [5.74, 6) is -4.55. The number of allylic oxidation sites excluding steroid dienone is 3. The van der Waals surface area contributed by atoms with Crippen molar-refractivity contribution in [2.75, 3.05) is 40.6 Å². The number of aromatic nitrogens is 5. The number of aryl methyl sites for hydroxylation is 2. The zero-order valence-electron chi connectivity index (χ0n) is 67.2. The summed E-state index contributed by atoms with van der Waals surface area (Å²) < 4.78 is 133. The van der Waals surface area contributed by atoms with E-state index in [0.717, 1.165) is 73.6 Å². The van der Waals surface area contributed by atoms with Gasteiger partial charge in [-0.05, 0) is 181 Å². The summed E-state index contributed by atoms with van der Waals surface area (Å²) in [5.41, 5.74) is 7.56. The van der Waals surface area contributed by atoms with Crippen molar-refractivity contribution in [1.29, 1.82) is 0 Å². The Hall–Kier alpha value is -9.71. The number of para-hydroxylation sites is 1. The lowest BCUT2D eigenvalue weighted by Crippen LogP contribution is -2.47. The SMILES string of the molecule is C=C1/C(=C\C=C2/CCC[C@]3(C)C(C(C)OCC(=O)NCC(F)(F)C(F)(F)F)CC[C@@H]23)C[C@@H](O)C[C@@H]1O.CCCCC(=O)COc1c(C(=O)Cc2c(Cl)cncc2Cl)ccc(OC)c1OC.CCOc1ccccc1C(=O)Cc1coc(-c2ccc(OC(F)F)c(OC(C)C)c2)n1.CCc1ccc2c(-c3cccc(Cl)c3)nc(=O)n(CC)c2n1. The van der Waals surface area contributed by atoms with Crippen molar-refractivity contribution in [3.05, 3.63) is 199 Å². The average molecular weight is 1710 g/mol. The predicted molar refractivity (Wildman–Crippen MR) is 435 cm³/mol. The number of nitrogens with zero attached hydrogens (tertiary/aromatic N) is 5. The number of amides is 1. The van der Waals surface area contributed by atoms with Crippen LogP contribution < -0.4 is 39.4 Å². The van der Waals surface area contributed by atoms with Gasteiger partial charge in [0.15, 0.2) is 40.3 Å². The Morgan fingerprint density at radius 1 is 0.771 bits per heavy atom. The zero-order chi connectivity index (χ0) is 86.3. The van der Waals surface area contributed by atoms with Gasteiger partial charge in [0.1, 0.15) is 30.9 Å². The first-order valence-corrected chi connectivity index (χ1v) is 39.8. The third-order valence-corrected chi connectivity index (χ3v) is 21.2. The number of hydrogen-bond donors (Lipinski definition) is 3. The molecule has 1 amide bonds. The number of Topliss-reactive ketones (excluding diaryl/α,β-unsaturated/α-hetero) is 3. The Morgan fingerprint density at radius 2 is 1.49 bits per heavy atom. The molecular formula is C87H98Cl3F7N6O15. The molecule has 4 aromatic heterocycles. The molecule has 636 valence electrons. The number of benzene rings is 4. The van der Waals surface area contributed by atoms with Crippen LogP contribution in [0, 0.1) is 17.3 Å². The molecule has 11 rings (SSSR count). The van der Waals surface area contributed by atoms with Crippen molar-refractivity contribution in [3.8, 4) is 57.2 Å². The molecule has 3 aliphatic rings. The number of unbranched alkanes of at least 4 members (excludes halogenated alkanes) is 1. The van der Waals surface area contributed by atoms with Crippen molar-refractivity contribution in [3.63, 3.8) is 0 Å². The van der Waals surface area contributed by atoms with Crippen molar-refractivity contribution in [1.82, 2.24) is 29.8 Å². The van der Waals surface area contributed by atoms with Gasteiger partial charge in [-0.25, -0.2) is 14.8 Å². The maximum atomic E-state index is 13.0. The number of aliphatic hydroxyl groups excluding tert-OH is 2. The van der Waals surface area contributed by atoms with Crippen LogP contribution in [0.2, 0.25) is 15.1 Å². The van der Waals surface area contributed by atoms with E-state index >= 15 is 0 Å². The molecule has 31 heteroatoms. The fourth-order valence-electron chi connectivity index (χ4n) is 14.4. The molecule has 21 nitrogen and oxygen atoms in total. The first kappa shape index (κ1) is 93.8. The second-order valence-corrected chi connectivity index (χ2v) is 30.1. The molecule has 4 heterocycles. The number of aliphatic hydroxyl groups is 2. The zero-order valence-corrected chi connectivity index (χ0v) is 69.5. The maximum Gasteiger partial charge on any atom is 0.455 e. The summed E-state index contributed by atoms with van der Waals surface area (Å²) in [5, 5.41) is 23.8. The highest BCUT2D eigenvalue weighted by Gasteiger charge is 2.57. The number of rotatable bonds is 31. The molecule has 0 aliphatic heterocycles. The Kier molecular flexibility index (Phi) is 34.4. The molecule has 0 radical (unpaired) electrons. The molecule has 2 unspecified atom stereocenters. The second kappa shape index (κ2) is 43.3. The van der Waals surface area contributed by atoms with Crippen LogP contribution in [-0.2, 0) is 40.1 Å². The highest BCUT2D eigenvalue weighted by molar-refractivity contribution is 6.36. The molecule has 3 aliphatic carbocycles.